The molecule has 1 atom stereocenters. The molecule has 0 aromatic heterocycles. The normalized spacial score (nSPS) is 11.6. The predicted molar refractivity (Wildman–Crippen MR) is 88.4 cm³/mol. The third-order valence-corrected chi connectivity index (χ3v) is 3.79. The molecule has 8 nitrogen and oxygen atoms in total. The smallest absolute Gasteiger partial charge is 0.311 e. The van der Waals surface area contributed by atoms with Gasteiger partial charge in [0.05, 0.1) is 25.1 Å². The standard InChI is InChI=1S/C17H17NO7/c1-24-11-4-6-16(25-2)12(9-11)13(17(20)21)7-10-3-5-15(19)14(8-10)18(22)23/h3-6,8-9,13,19H,7H2,1-2H3,(H,20,21). The van der Waals surface area contributed by atoms with E-state index in [-0.39, 0.29) is 6.42 Å². The lowest BCUT2D eigenvalue weighted by Gasteiger charge is -2.17. The quantitative estimate of drug-likeness (QED) is 0.584. The van der Waals surface area contributed by atoms with Crippen molar-refractivity contribution in [3.05, 3.63) is 57.6 Å². The minimum atomic E-state index is -1.11. The van der Waals surface area contributed by atoms with Gasteiger partial charge in [0.25, 0.3) is 0 Å². The van der Waals surface area contributed by atoms with Crippen LogP contribution >= 0.6 is 0 Å². The largest absolute Gasteiger partial charge is 0.502 e. The highest BCUT2D eigenvalue weighted by Crippen LogP contribution is 2.34. The number of phenols is 1. The van der Waals surface area contributed by atoms with Crippen LogP contribution in [0.15, 0.2) is 36.4 Å². The zero-order valence-electron chi connectivity index (χ0n) is 13.6. The van der Waals surface area contributed by atoms with E-state index in [4.69, 9.17) is 9.47 Å². The van der Waals surface area contributed by atoms with Crippen LogP contribution in [0, 0.1) is 10.1 Å². The van der Waals surface area contributed by atoms with E-state index in [0.29, 0.717) is 22.6 Å². The van der Waals surface area contributed by atoms with Gasteiger partial charge in [0, 0.05) is 11.6 Å². The number of ether oxygens (including phenoxy) is 2. The van der Waals surface area contributed by atoms with Crippen LogP contribution in [0.4, 0.5) is 5.69 Å². The molecule has 0 aliphatic carbocycles. The molecular formula is C17H17NO7. The number of carboxylic acids is 1. The molecule has 0 spiro atoms. The number of nitrogens with zero attached hydrogens (tertiary/aromatic N) is 1. The van der Waals surface area contributed by atoms with E-state index < -0.39 is 28.2 Å². The Morgan fingerprint density at radius 3 is 2.48 bits per heavy atom. The van der Waals surface area contributed by atoms with Crippen LogP contribution in [0.3, 0.4) is 0 Å². The molecule has 2 aromatic carbocycles. The molecule has 2 N–H and O–H groups in total. The van der Waals surface area contributed by atoms with Gasteiger partial charge in [-0.05, 0) is 36.2 Å². The van der Waals surface area contributed by atoms with Crippen LogP contribution in [-0.4, -0.2) is 35.3 Å². The van der Waals surface area contributed by atoms with Gasteiger partial charge < -0.3 is 19.7 Å². The molecule has 0 amide bonds. The first-order chi connectivity index (χ1) is 11.9. The second kappa shape index (κ2) is 7.52. The zero-order valence-corrected chi connectivity index (χ0v) is 13.6. The number of nitro groups is 1. The van der Waals surface area contributed by atoms with Gasteiger partial charge in [0.1, 0.15) is 11.5 Å². The highest BCUT2D eigenvalue weighted by Gasteiger charge is 2.26. The van der Waals surface area contributed by atoms with Crippen molar-refractivity contribution in [2.75, 3.05) is 14.2 Å². The van der Waals surface area contributed by atoms with Crippen molar-refractivity contribution in [2.24, 2.45) is 0 Å². The first-order valence-electron chi connectivity index (χ1n) is 7.28. The van der Waals surface area contributed by atoms with Crippen LogP contribution in [0.25, 0.3) is 0 Å². The van der Waals surface area contributed by atoms with Crippen molar-refractivity contribution in [3.8, 4) is 17.2 Å². The molecule has 0 saturated heterocycles. The van der Waals surface area contributed by atoms with Crippen LogP contribution in [0.1, 0.15) is 17.0 Å². The van der Waals surface area contributed by atoms with Gasteiger partial charge in [-0.15, -0.1) is 0 Å². The Morgan fingerprint density at radius 2 is 1.92 bits per heavy atom. The van der Waals surface area contributed by atoms with E-state index in [1.165, 1.54) is 26.4 Å². The number of aromatic hydroxyl groups is 1. The predicted octanol–water partition coefficient (Wildman–Crippen LogP) is 2.73. The van der Waals surface area contributed by atoms with Gasteiger partial charge in [-0.25, -0.2) is 0 Å². The van der Waals surface area contributed by atoms with Crippen molar-refractivity contribution in [2.45, 2.75) is 12.3 Å². The van der Waals surface area contributed by atoms with Crippen molar-refractivity contribution >= 4 is 11.7 Å². The maximum absolute atomic E-state index is 11.8. The highest BCUT2D eigenvalue weighted by atomic mass is 16.6. The summed E-state index contributed by atoms with van der Waals surface area (Å²) in [5.74, 6) is -1.74. The fourth-order valence-electron chi connectivity index (χ4n) is 2.52. The SMILES string of the molecule is COc1ccc(OC)c(C(Cc2ccc(O)c([N+](=O)[O-])c2)C(=O)O)c1. The number of nitro benzene ring substituents is 1. The first kappa shape index (κ1) is 18.1. The van der Waals surface area contributed by atoms with Gasteiger partial charge in [-0.1, -0.05) is 6.07 Å². The second-order valence-corrected chi connectivity index (χ2v) is 5.28. The number of phenolic OH excluding ortho intramolecular Hbond substituents is 1. The molecule has 0 fully saturated rings. The molecule has 0 heterocycles. The molecule has 132 valence electrons. The van der Waals surface area contributed by atoms with Crippen molar-refractivity contribution in [1.82, 2.24) is 0 Å². The summed E-state index contributed by atoms with van der Waals surface area (Å²) in [5, 5.41) is 30.1. The Morgan fingerprint density at radius 1 is 1.20 bits per heavy atom. The van der Waals surface area contributed by atoms with E-state index in [0.717, 1.165) is 6.07 Å². The molecule has 0 radical (unpaired) electrons. The number of rotatable bonds is 7. The molecule has 0 saturated carbocycles. The molecule has 0 aliphatic rings. The summed E-state index contributed by atoms with van der Waals surface area (Å²) in [7, 11) is 2.89. The van der Waals surface area contributed by atoms with E-state index in [2.05, 4.69) is 0 Å². The van der Waals surface area contributed by atoms with Crippen molar-refractivity contribution in [1.29, 1.82) is 0 Å². The van der Waals surface area contributed by atoms with Crippen LogP contribution in [-0.2, 0) is 11.2 Å². The average molecular weight is 347 g/mol. The summed E-state index contributed by atoms with van der Waals surface area (Å²) in [5.41, 5.74) is 0.325. The average Bonchev–Trinajstić information content (AvgIpc) is 2.59. The molecule has 8 heteroatoms. The zero-order chi connectivity index (χ0) is 18.6. The molecule has 25 heavy (non-hydrogen) atoms. The number of aliphatic carboxylic acids is 1. The second-order valence-electron chi connectivity index (χ2n) is 5.28. The number of hydrogen-bond donors (Lipinski definition) is 2. The van der Waals surface area contributed by atoms with Gasteiger partial charge in [-0.2, -0.15) is 0 Å². The Labute approximate surface area is 143 Å². The highest BCUT2D eigenvalue weighted by molar-refractivity contribution is 5.78. The van der Waals surface area contributed by atoms with Crippen LogP contribution < -0.4 is 9.47 Å². The Kier molecular flexibility index (Phi) is 5.43. The molecule has 2 rings (SSSR count). The summed E-state index contributed by atoms with van der Waals surface area (Å²) in [6, 6.07) is 8.60. The molecule has 0 aliphatic heterocycles. The van der Waals surface area contributed by atoms with E-state index in [1.54, 1.807) is 18.2 Å². The van der Waals surface area contributed by atoms with E-state index in [1.807, 2.05) is 0 Å². The number of methoxy groups -OCH3 is 2. The maximum atomic E-state index is 11.8. The minimum absolute atomic E-state index is 0.0139. The van der Waals surface area contributed by atoms with Crippen molar-refractivity contribution < 1.29 is 29.4 Å². The first-order valence-corrected chi connectivity index (χ1v) is 7.28. The Balaban J connectivity index is 2.45. The third kappa shape index (κ3) is 3.97. The third-order valence-electron chi connectivity index (χ3n) is 3.79. The van der Waals surface area contributed by atoms with Crippen molar-refractivity contribution in [3.63, 3.8) is 0 Å². The minimum Gasteiger partial charge on any atom is -0.502 e. The summed E-state index contributed by atoms with van der Waals surface area (Å²) in [6.45, 7) is 0. The molecule has 2 aromatic rings. The summed E-state index contributed by atoms with van der Waals surface area (Å²) in [4.78, 5) is 22.0. The summed E-state index contributed by atoms with van der Waals surface area (Å²) in [6.07, 6.45) is -0.0139. The van der Waals surface area contributed by atoms with Gasteiger partial charge in [-0.3, -0.25) is 14.9 Å². The number of benzene rings is 2. The van der Waals surface area contributed by atoms with E-state index in [9.17, 15) is 25.1 Å². The lowest BCUT2D eigenvalue weighted by atomic mass is 9.91. The monoisotopic (exact) mass is 347 g/mol. The van der Waals surface area contributed by atoms with Gasteiger partial charge >= 0.3 is 11.7 Å². The van der Waals surface area contributed by atoms with E-state index >= 15 is 0 Å². The van der Waals surface area contributed by atoms with Gasteiger partial charge in [0.15, 0.2) is 5.75 Å². The lowest BCUT2D eigenvalue weighted by Crippen LogP contribution is -2.15. The lowest BCUT2D eigenvalue weighted by molar-refractivity contribution is -0.385. The maximum Gasteiger partial charge on any atom is 0.311 e. The Hall–Kier alpha value is -3.29. The van der Waals surface area contributed by atoms with Crippen LogP contribution in [0.5, 0.6) is 17.2 Å². The Bertz CT molecular complexity index is 804. The number of hydrogen-bond acceptors (Lipinski definition) is 6. The molecule has 1 unspecified atom stereocenters. The fourth-order valence-corrected chi connectivity index (χ4v) is 2.52. The van der Waals surface area contributed by atoms with Gasteiger partial charge in [0.2, 0.25) is 0 Å². The van der Waals surface area contributed by atoms with Crippen LogP contribution in [0.2, 0.25) is 0 Å². The number of carbonyl (C=O) groups is 1. The topological polar surface area (TPSA) is 119 Å². The number of carboxylic acid groups (broad SMARTS) is 1. The molecule has 0 bridgehead atoms. The summed E-state index contributed by atoms with van der Waals surface area (Å²) >= 11 is 0. The summed E-state index contributed by atoms with van der Waals surface area (Å²) < 4.78 is 10.4. The molecular weight excluding hydrogens is 330 g/mol. The fraction of sp³-hybridized carbons (Fsp3) is 0.235.